The number of sulfonamides is 1. The fraction of sp³-hybridized carbons (Fsp3) is 0.571. The summed E-state index contributed by atoms with van der Waals surface area (Å²) < 4.78 is 27.3. The van der Waals surface area contributed by atoms with Gasteiger partial charge in [0.1, 0.15) is 4.90 Å². The number of hydrogen-bond acceptors (Lipinski definition) is 4. The average Bonchev–Trinajstić information content (AvgIpc) is 2.43. The molecule has 0 amide bonds. The molecule has 0 saturated heterocycles. The smallest absolute Gasteiger partial charge is 0.242 e. The van der Waals surface area contributed by atoms with Crippen LogP contribution in [0.15, 0.2) is 23.1 Å². The monoisotopic (exact) mass is 350 g/mol. The van der Waals surface area contributed by atoms with E-state index in [0.717, 1.165) is 5.56 Å². The van der Waals surface area contributed by atoms with E-state index >= 15 is 0 Å². The van der Waals surface area contributed by atoms with E-state index in [-0.39, 0.29) is 15.2 Å². The molecule has 0 fully saturated rings. The third-order valence-electron chi connectivity index (χ3n) is 2.96. The van der Waals surface area contributed by atoms with Crippen LogP contribution < -0.4 is 10.0 Å². The lowest BCUT2D eigenvalue weighted by molar-refractivity contribution is 0.579. The van der Waals surface area contributed by atoms with Gasteiger partial charge in [0.2, 0.25) is 10.0 Å². The largest absolute Gasteiger partial charge is 0.310 e. The van der Waals surface area contributed by atoms with Crippen LogP contribution in [0.1, 0.15) is 26.3 Å². The molecule has 0 aliphatic carbocycles. The molecule has 1 aromatic rings. The van der Waals surface area contributed by atoms with Crippen molar-refractivity contribution in [3.63, 3.8) is 0 Å². The predicted molar refractivity (Wildman–Crippen MR) is 91.6 cm³/mol. The number of nitrogens with one attached hydrogen (secondary N) is 2. The van der Waals surface area contributed by atoms with Gasteiger partial charge in [-0.1, -0.05) is 38.4 Å². The highest BCUT2D eigenvalue weighted by Gasteiger charge is 2.19. The first kappa shape index (κ1) is 18.8. The van der Waals surface area contributed by atoms with Crippen LogP contribution in [0.3, 0.4) is 0 Å². The van der Waals surface area contributed by atoms with Crippen LogP contribution >= 0.6 is 23.4 Å². The summed E-state index contributed by atoms with van der Waals surface area (Å²) in [4.78, 5) is 0.139. The lowest BCUT2D eigenvalue weighted by Crippen LogP contribution is -2.30. The van der Waals surface area contributed by atoms with Gasteiger partial charge >= 0.3 is 0 Å². The van der Waals surface area contributed by atoms with Gasteiger partial charge in [-0.2, -0.15) is 11.8 Å². The maximum atomic E-state index is 12.3. The Kier molecular flexibility index (Phi) is 7.50. The van der Waals surface area contributed by atoms with Crippen molar-refractivity contribution in [2.75, 3.05) is 12.8 Å². The molecule has 1 unspecified atom stereocenters. The van der Waals surface area contributed by atoms with E-state index in [1.165, 1.54) is 0 Å². The van der Waals surface area contributed by atoms with Gasteiger partial charge in [-0.25, -0.2) is 13.1 Å². The van der Waals surface area contributed by atoms with Crippen LogP contribution in [-0.2, 0) is 16.6 Å². The maximum Gasteiger partial charge on any atom is 0.242 e. The number of rotatable bonds is 8. The van der Waals surface area contributed by atoms with E-state index in [4.69, 9.17) is 11.6 Å². The number of benzene rings is 1. The molecule has 0 spiro atoms. The maximum absolute atomic E-state index is 12.3. The summed E-state index contributed by atoms with van der Waals surface area (Å²) >= 11 is 7.66. The standard InChI is InChI=1S/C14H23ClN2O2S2/c1-10(2)16-9-12-5-6-13(15)14(7-12)21(18,19)17-8-11(3)20-4/h5-7,10-11,16-17H,8-9H2,1-4H3. The fourth-order valence-electron chi connectivity index (χ4n) is 1.57. The molecule has 7 heteroatoms. The molecule has 1 atom stereocenters. The molecule has 0 heterocycles. The van der Waals surface area contributed by atoms with Crippen molar-refractivity contribution in [3.8, 4) is 0 Å². The molecule has 21 heavy (non-hydrogen) atoms. The van der Waals surface area contributed by atoms with Gasteiger partial charge < -0.3 is 5.32 Å². The van der Waals surface area contributed by atoms with Crippen LogP contribution in [0, 0.1) is 0 Å². The predicted octanol–water partition coefficient (Wildman–Crippen LogP) is 2.87. The van der Waals surface area contributed by atoms with Crippen molar-refractivity contribution in [1.29, 1.82) is 0 Å². The van der Waals surface area contributed by atoms with E-state index in [1.807, 2.05) is 33.1 Å². The van der Waals surface area contributed by atoms with E-state index in [1.54, 1.807) is 23.9 Å². The van der Waals surface area contributed by atoms with Gasteiger partial charge in [-0.05, 0) is 24.0 Å². The van der Waals surface area contributed by atoms with E-state index in [2.05, 4.69) is 10.0 Å². The SMILES string of the molecule is CSC(C)CNS(=O)(=O)c1cc(CNC(C)C)ccc1Cl. The second kappa shape index (κ2) is 8.39. The van der Waals surface area contributed by atoms with Crippen LogP contribution in [0.5, 0.6) is 0 Å². The minimum atomic E-state index is -3.58. The summed E-state index contributed by atoms with van der Waals surface area (Å²) in [5.74, 6) is 0. The van der Waals surface area contributed by atoms with E-state index in [9.17, 15) is 8.42 Å². The molecule has 120 valence electrons. The van der Waals surface area contributed by atoms with Crippen molar-refractivity contribution in [2.45, 2.75) is 43.5 Å². The zero-order chi connectivity index (χ0) is 16.0. The molecular weight excluding hydrogens is 328 g/mol. The topological polar surface area (TPSA) is 58.2 Å². The molecule has 0 aromatic heterocycles. The number of hydrogen-bond donors (Lipinski definition) is 2. The van der Waals surface area contributed by atoms with Crippen molar-refractivity contribution in [3.05, 3.63) is 28.8 Å². The average molecular weight is 351 g/mol. The summed E-state index contributed by atoms with van der Waals surface area (Å²) in [5, 5.41) is 3.71. The van der Waals surface area contributed by atoms with E-state index < -0.39 is 10.0 Å². The first-order chi connectivity index (χ1) is 9.76. The molecule has 2 N–H and O–H groups in total. The van der Waals surface area contributed by atoms with Crippen LogP contribution in [0.4, 0.5) is 0 Å². The molecule has 0 aliphatic heterocycles. The quantitative estimate of drug-likeness (QED) is 0.757. The summed E-state index contributed by atoms with van der Waals surface area (Å²) in [6, 6.07) is 5.43. The summed E-state index contributed by atoms with van der Waals surface area (Å²) in [5.41, 5.74) is 0.895. The Morgan fingerprint density at radius 2 is 1.95 bits per heavy atom. The van der Waals surface area contributed by atoms with Crippen LogP contribution in [0.25, 0.3) is 0 Å². The van der Waals surface area contributed by atoms with Crippen LogP contribution in [-0.4, -0.2) is 32.5 Å². The molecule has 4 nitrogen and oxygen atoms in total. The lowest BCUT2D eigenvalue weighted by atomic mass is 10.2. The Morgan fingerprint density at radius 1 is 1.29 bits per heavy atom. The Bertz CT molecular complexity index is 562. The van der Waals surface area contributed by atoms with Gasteiger partial charge in [-0.3, -0.25) is 0 Å². The minimum absolute atomic E-state index is 0.139. The number of thioether (sulfide) groups is 1. The van der Waals surface area contributed by atoms with Crippen molar-refractivity contribution < 1.29 is 8.42 Å². The third kappa shape index (κ3) is 6.16. The lowest BCUT2D eigenvalue weighted by Gasteiger charge is -2.13. The summed E-state index contributed by atoms with van der Waals surface area (Å²) in [7, 11) is -3.58. The number of halogens is 1. The Morgan fingerprint density at radius 3 is 2.52 bits per heavy atom. The Balaban J connectivity index is 2.91. The molecule has 1 rings (SSSR count). The first-order valence-corrected chi connectivity index (χ1v) is 9.95. The van der Waals surface area contributed by atoms with Crippen LogP contribution in [0.2, 0.25) is 5.02 Å². The Labute approximate surface area is 137 Å². The normalized spacial score (nSPS) is 13.6. The highest BCUT2D eigenvalue weighted by atomic mass is 35.5. The second-order valence-electron chi connectivity index (χ2n) is 5.20. The molecule has 0 aliphatic rings. The summed E-state index contributed by atoms with van der Waals surface area (Å²) in [6.07, 6.45) is 1.95. The minimum Gasteiger partial charge on any atom is -0.310 e. The summed E-state index contributed by atoms with van der Waals surface area (Å²) in [6.45, 7) is 7.04. The highest BCUT2D eigenvalue weighted by molar-refractivity contribution is 7.99. The molecule has 1 aromatic carbocycles. The fourth-order valence-corrected chi connectivity index (χ4v) is 3.61. The highest BCUT2D eigenvalue weighted by Crippen LogP contribution is 2.23. The van der Waals surface area contributed by atoms with Gasteiger partial charge in [0.15, 0.2) is 0 Å². The molecule has 0 saturated carbocycles. The second-order valence-corrected chi connectivity index (χ2v) is 8.62. The molecular formula is C14H23ClN2O2S2. The van der Waals surface area contributed by atoms with Gasteiger partial charge in [0.25, 0.3) is 0 Å². The van der Waals surface area contributed by atoms with Crippen molar-refractivity contribution in [2.24, 2.45) is 0 Å². The molecule has 0 bridgehead atoms. The van der Waals surface area contributed by atoms with Gasteiger partial charge in [-0.15, -0.1) is 0 Å². The third-order valence-corrected chi connectivity index (χ3v) is 5.84. The zero-order valence-electron chi connectivity index (χ0n) is 12.8. The van der Waals surface area contributed by atoms with E-state index in [0.29, 0.717) is 19.1 Å². The van der Waals surface area contributed by atoms with Crippen molar-refractivity contribution in [1.82, 2.24) is 10.0 Å². The van der Waals surface area contributed by atoms with Crippen molar-refractivity contribution >= 4 is 33.4 Å². The van der Waals surface area contributed by atoms with Gasteiger partial charge in [0, 0.05) is 24.4 Å². The van der Waals surface area contributed by atoms with Gasteiger partial charge in [0.05, 0.1) is 5.02 Å². The Hall–Kier alpha value is -0.270. The molecule has 0 radical (unpaired) electrons. The first-order valence-electron chi connectivity index (χ1n) is 6.80. The zero-order valence-corrected chi connectivity index (χ0v) is 15.2.